The van der Waals surface area contributed by atoms with Gasteiger partial charge in [-0.25, -0.2) is 0 Å². The van der Waals surface area contributed by atoms with Crippen molar-refractivity contribution < 1.29 is 9.53 Å². The zero-order chi connectivity index (χ0) is 19.2. The maximum atomic E-state index is 12.6. The van der Waals surface area contributed by atoms with Gasteiger partial charge in [0.1, 0.15) is 11.8 Å². The third-order valence-corrected chi connectivity index (χ3v) is 4.97. The van der Waals surface area contributed by atoms with Crippen LogP contribution >= 0.6 is 0 Å². The van der Waals surface area contributed by atoms with Crippen LogP contribution in [0.3, 0.4) is 0 Å². The summed E-state index contributed by atoms with van der Waals surface area (Å²) in [6.45, 7) is 5.13. The molecule has 6 heteroatoms. The molecule has 1 atom stereocenters. The second-order valence-corrected chi connectivity index (χ2v) is 6.52. The number of hydrogen-bond acceptors (Lipinski definition) is 5. The highest BCUT2D eigenvalue weighted by Gasteiger charge is 2.26. The molecule has 2 aromatic carbocycles. The van der Waals surface area contributed by atoms with Crippen LogP contribution in [-0.4, -0.2) is 50.1 Å². The number of carbonyl (C=O) groups is 1. The van der Waals surface area contributed by atoms with Crippen molar-refractivity contribution in [3.63, 3.8) is 0 Å². The van der Waals surface area contributed by atoms with Crippen LogP contribution < -0.4 is 15.0 Å². The highest BCUT2D eigenvalue weighted by atomic mass is 16.5. The van der Waals surface area contributed by atoms with E-state index in [1.54, 1.807) is 25.3 Å². The van der Waals surface area contributed by atoms with E-state index in [4.69, 9.17) is 4.74 Å². The largest absolute Gasteiger partial charge is 0.495 e. The highest BCUT2D eigenvalue weighted by Crippen LogP contribution is 2.28. The normalized spacial score (nSPS) is 15.7. The molecule has 0 radical (unpaired) electrons. The summed E-state index contributed by atoms with van der Waals surface area (Å²) in [5, 5.41) is 12.1. The lowest BCUT2D eigenvalue weighted by Gasteiger charge is -2.38. The molecule has 27 heavy (non-hydrogen) atoms. The first-order valence-corrected chi connectivity index (χ1v) is 9.06. The minimum atomic E-state index is -0.267. The van der Waals surface area contributed by atoms with Crippen LogP contribution in [0.25, 0.3) is 0 Å². The Morgan fingerprint density at radius 3 is 2.48 bits per heavy atom. The number of rotatable bonds is 5. The Kier molecular flexibility index (Phi) is 5.94. The molecule has 1 aliphatic rings. The lowest BCUT2D eigenvalue weighted by molar-refractivity contribution is -0.120. The Labute approximate surface area is 160 Å². The molecule has 1 heterocycles. The fourth-order valence-electron chi connectivity index (χ4n) is 3.33. The molecule has 1 fully saturated rings. The predicted octanol–water partition coefficient (Wildman–Crippen LogP) is 2.72. The second kappa shape index (κ2) is 8.56. The molecule has 0 aromatic heterocycles. The minimum Gasteiger partial charge on any atom is -0.495 e. The van der Waals surface area contributed by atoms with Gasteiger partial charge in [0.25, 0.3) is 0 Å². The number of benzene rings is 2. The van der Waals surface area contributed by atoms with Gasteiger partial charge in [-0.15, -0.1) is 0 Å². The van der Waals surface area contributed by atoms with Crippen molar-refractivity contribution in [3.8, 4) is 11.8 Å². The van der Waals surface area contributed by atoms with Gasteiger partial charge in [-0.1, -0.05) is 24.3 Å². The minimum absolute atomic E-state index is 0.0940. The molecule has 3 rings (SSSR count). The smallest absolute Gasteiger partial charge is 0.241 e. The molecular weight excluding hydrogens is 340 g/mol. The van der Waals surface area contributed by atoms with Crippen LogP contribution in [0.15, 0.2) is 48.5 Å². The van der Waals surface area contributed by atoms with E-state index in [0.717, 1.165) is 37.6 Å². The summed E-state index contributed by atoms with van der Waals surface area (Å²) in [5.74, 6) is 0.772. The maximum Gasteiger partial charge on any atom is 0.241 e. The molecule has 1 saturated heterocycles. The summed E-state index contributed by atoms with van der Waals surface area (Å²) in [6.07, 6.45) is 0. The van der Waals surface area contributed by atoms with Crippen LogP contribution in [0.1, 0.15) is 12.5 Å². The number of anilines is 2. The average Bonchev–Trinajstić information content (AvgIpc) is 2.73. The van der Waals surface area contributed by atoms with Crippen LogP contribution in [0.4, 0.5) is 11.4 Å². The first kappa shape index (κ1) is 18.7. The zero-order valence-electron chi connectivity index (χ0n) is 15.7. The molecule has 0 bridgehead atoms. The number of nitrogens with one attached hydrogen (secondary N) is 1. The Balaban J connectivity index is 1.60. The number of piperazine rings is 1. The number of methoxy groups -OCH3 is 1. The van der Waals surface area contributed by atoms with Crippen molar-refractivity contribution in [3.05, 3.63) is 54.1 Å². The number of ether oxygens (including phenoxy) is 1. The summed E-state index contributed by atoms with van der Waals surface area (Å²) in [7, 11) is 1.68. The molecule has 1 amide bonds. The van der Waals surface area contributed by atoms with E-state index < -0.39 is 0 Å². The average molecular weight is 364 g/mol. The number of hydrogen-bond donors (Lipinski definition) is 1. The van der Waals surface area contributed by atoms with Gasteiger partial charge in [0.2, 0.25) is 5.91 Å². The number of nitriles is 1. The number of para-hydroxylation sites is 3. The SMILES string of the molecule is COc1ccccc1N1CCN([C@H](C)C(=O)Nc2ccccc2C#N)CC1. The van der Waals surface area contributed by atoms with E-state index in [2.05, 4.69) is 27.3 Å². The van der Waals surface area contributed by atoms with Gasteiger partial charge in [-0.2, -0.15) is 5.26 Å². The molecule has 140 valence electrons. The van der Waals surface area contributed by atoms with E-state index >= 15 is 0 Å². The summed E-state index contributed by atoms with van der Waals surface area (Å²) >= 11 is 0. The van der Waals surface area contributed by atoms with Crippen molar-refractivity contribution in [1.29, 1.82) is 5.26 Å². The Morgan fingerprint density at radius 1 is 1.11 bits per heavy atom. The third-order valence-electron chi connectivity index (χ3n) is 4.97. The topological polar surface area (TPSA) is 68.6 Å². The van der Waals surface area contributed by atoms with Crippen LogP contribution in [0.5, 0.6) is 5.75 Å². The van der Waals surface area contributed by atoms with E-state index in [1.165, 1.54) is 0 Å². The maximum absolute atomic E-state index is 12.6. The van der Waals surface area contributed by atoms with Gasteiger partial charge in [-0.05, 0) is 31.2 Å². The summed E-state index contributed by atoms with van der Waals surface area (Å²) in [6, 6.07) is 16.9. The number of carbonyl (C=O) groups excluding carboxylic acids is 1. The van der Waals surface area contributed by atoms with Crippen LogP contribution in [-0.2, 0) is 4.79 Å². The molecule has 1 aliphatic heterocycles. The molecule has 2 aromatic rings. The van der Waals surface area contributed by atoms with Crippen molar-refractivity contribution in [2.24, 2.45) is 0 Å². The summed E-state index contributed by atoms with van der Waals surface area (Å²) in [5.41, 5.74) is 2.11. The lowest BCUT2D eigenvalue weighted by Crippen LogP contribution is -2.52. The number of nitrogens with zero attached hydrogens (tertiary/aromatic N) is 3. The highest BCUT2D eigenvalue weighted by molar-refractivity contribution is 5.95. The number of amides is 1. The molecular formula is C21H24N4O2. The molecule has 0 unspecified atom stereocenters. The van der Waals surface area contributed by atoms with Crippen LogP contribution in [0, 0.1) is 11.3 Å². The van der Waals surface area contributed by atoms with Gasteiger partial charge in [0.05, 0.1) is 30.1 Å². The molecule has 0 spiro atoms. The molecule has 0 saturated carbocycles. The van der Waals surface area contributed by atoms with E-state index in [-0.39, 0.29) is 11.9 Å². The first-order chi connectivity index (χ1) is 13.1. The van der Waals surface area contributed by atoms with Gasteiger partial charge in [0.15, 0.2) is 0 Å². The van der Waals surface area contributed by atoms with E-state index in [9.17, 15) is 10.1 Å². The third kappa shape index (κ3) is 4.21. The Morgan fingerprint density at radius 2 is 1.78 bits per heavy atom. The van der Waals surface area contributed by atoms with Crippen molar-refractivity contribution in [2.45, 2.75) is 13.0 Å². The van der Waals surface area contributed by atoms with Crippen molar-refractivity contribution in [2.75, 3.05) is 43.5 Å². The van der Waals surface area contributed by atoms with Crippen molar-refractivity contribution >= 4 is 17.3 Å². The second-order valence-electron chi connectivity index (χ2n) is 6.52. The quantitative estimate of drug-likeness (QED) is 0.883. The fourth-order valence-corrected chi connectivity index (χ4v) is 3.33. The van der Waals surface area contributed by atoms with Gasteiger partial charge in [0, 0.05) is 26.2 Å². The molecule has 6 nitrogen and oxygen atoms in total. The fraction of sp³-hybridized carbons (Fsp3) is 0.333. The van der Waals surface area contributed by atoms with Gasteiger partial charge >= 0.3 is 0 Å². The first-order valence-electron chi connectivity index (χ1n) is 9.06. The Bertz CT molecular complexity index is 838. The van der Waals surface area contributed by atoms with E-state index in [1.807, 2.05) is 31.2 Å². The lowest BCUT2D eigenvalue weighted by atomic mass is 10.1. The van der Waals surface area contributed by atoms with Gasteiger partial charge < -0.3 is 15.0 Å². The van der Waals surface area contributed by atoms with Crippen LogP contribution in [0.2, 0.25) is 0 Å². The monoisotopic (exact) mass is 364 g/mol. The van der Waals surface area contributed by atoms with E-state index in [0.29, 0.717) is 11.3 Å². The summed E-state index contributed by atoms with van der Waals surface area (Å²) < 4.78 is 5.45. The standard InChI is InChI=1S/C21H24N4O2/c1-16(21(26)23-18-8-4-3-7-17(18)15-22)24-11-13-25(14-12-24)19-9-5-6-10-20(19)27-2/h3-10,16H,11-14H2,1-2H3,(H,23,26)/t16-/m1/s1. The predicted molar refractivity (Wildman–Crippen MR) is 106 cm³/mol. The van der Waals surface area contributed by atoms with Crippen molar-refractivity contribution in [1.82, 2.24) is 4.90 Å². The zero-order valence-corrected chi connectivity index (χ0v) is 15.7. The summed E-state index contributed by atoms with van der Waals surface area (Å²) in [4.78, 5) is 17.1. The van der Waals surface area contributed by atoms with Gasteiger partial charge in [-0.3, -0.25) is 9.69 Å². The molecule has 1 N–H and O–H groups in total. The molecule has 0 aliphatic carbocycles. The Hall–Kier alpha value is -3.04.